The second-order valence-electron chi connectivity index (χ2n) is 6.94. The minimum absolute atomic E-state index is 0.0414. The van der Waals surface area contributed by atoms with Crippen LogP contribution in [0.5, 0.6) is 0 Å². The van der Waals surface area contributed by atoms with Crippen LogP contribution < -0.4 is 4.72 Å². The molecule has 0 amide bonds. The first-order valence-corrected chi connectivity index (χ1v) is 11.3. The molecule has 1 fully saturated rings. The molecule has 0 unspecified atom stereocenters. The van der Waals surface area contributed by atoms with Gasteiger partial charge in [-0.1, -0.05) is 36.0 Å². The van der Waals surface area contributed by atoms with Gasteiger partial charge in [-0.15, -0.1) is 0 Å². The summed E-state index contributed by atoms with van der Waals surface area (Å²) in [6.07, 6.45) is 3.38. The fraction of sp³-hybridized carbons (Fsp3) is 0.400. The van der Waals surface area contributed by atoms with Crippen molar-refractivity contribution in [1.82, 2.24) is 4.72 Å². The van der Waals surface area contributed by atoms with Crippen LogP contribution in [-0.2, 0) is 27.6 Å². The van der Waals surface area contributed by atoms with Crippen molar-refractivity contribution in [1.29, 1.82) is 0 Å². The number of ether oxygens (including phenoxy) is 1. The lowest BCUT2D eigenvalue weighted by Crippen LogP contribution is -2.39. The summed E-state index contributed by atoms with van der Waals surface area (Å²) < 4.78 is 34.2. The summed E-state index contributed by atoms with van der Waals surface area (Å²) >= 11 is 1.68. The number of benzene rings is 2. The highest BCUT2D eigenvalue weighted by Gasteiger charge is 2.25. The number of sulfonamides is 1. The maximum Gasteiger partial charge on any atom is 0.241 e. The normalized spacial score (nSPS) is 18.0. The van der Waals surface area contributed by atoms with E-state index in [0.717, 1.165) is 36.1 Å². The van der Waals surface area contributed by atoms with Crippen LogP contribution in [0.25, 0.3) is 0 Å². The summed E-state index contributed by atoms with van der Waals surface area (Å²) in [5.74, 6) is 0. The number of rotatable bonds is 3. The van der Waals surface area contributed by atoms with Gasteiger partial charge in [-0.25, -0.2) is 13.1 Å². The van der Waals surface area contributed by atoms with Crippen LogP contribution in [0.4, 0.5) is 0 Å². The van der Waals surface area contributed by atoms with Gasteiger partial charge in [0.2, 0.25) is 10.0 Å². The molecule has 4 nitrogen and oxygen atoms in total. The van der Waals surface area contributed by atoms with Crippen LogP contribution in [0.15, 0.2) is 51.1 Å². The standard InChI is InChI=1S/C20H23NO3S2/c1-14-12-16-7-6-15-4-2-3-5-18(15)25-19(16)13-20(14)26(22,23)21-17-8-10-24-11-9-17/h2-5,12-13,17,21H,6-11H2,1H3. The second-order valence-corrected chi connectivity index (χ2v) is 9.71. The van der Waals surface area contributed by atoms with E-state index in [0.29, 0.717) is 18.1 Å². The molecule has 0 spiro atoms. The molecule has 1 saturated heterocycles. The molecule has 2 aromatic carbocycles. The first-order valence-electron chi connectivity index (χ1n) is 9.02. The van der Waals surface area contributed by atoms with Gasteiger partial charge < -0.3 is 4.74 Å². The Hall–Kier alpha value is -1.34. The van der Waals surface area contributed by atoms with Crippen molar-refractivity contribution in [2.24, 2.45) is 0 Å². The SMILES string of the molecule is Cc1cc2c(cc1S(=O)(=O)NC1CCOCC1)Sc1ccccc1CC2. The lowest BCUT2D eigenvalue weighted by molar-refractivity contribution is 0.0832. The highest BCUT2D eigenvalue weighted by Crippen LogP contribution is 2.39. The van der Waals surface area contributed by atoms with Gasteiger partial charge in [-0.05, 0) is 61.4 Å². The molecular formula is C20H23NO3S2. The molecule has 138 valence electrons. The maximum absolute atomic E-state index is 13.0. The highest BCUT2D eigenvalue weighted by atomic mass is 32.2. The van der Waals surface area contributed by atoms with Crippen molar-refractivity contribution >= 4 is 21.8 Å². The van der Waals surface area contributed by atoms with Crippen molar-refractivity contribution in [3.05, 3.63) is 53.1 Å². The zero-order valence-corrected chi connectivity index (χ0v) is 16.5. The molecule has 1 N–H and O–H groups in total. The summed E-state index contributed by atoms with van der Waals surface area (Å²) in [5, 5.41) is 0. The second kappa shape index (κ2) is 7.35. The molecule has 0 radical (unpaired) electrons. The molecule has 26 heavy (non-hydrogen) atoms. The predicted octanol–water partition coefficient (Wildman–Crippen LogP) is 3.70. The number of hydrogen-bond acceptors (Lipinski definition) is 4. The third kappa shape index (κ3) is 3.69. The van der Waals surface area contributed by atoms with E-state index in [9.17, 15) is 8.42 Å². The van der Waals surface area contributed by atoms with E-state index in [2.05, 4.69) is 22.9 Å². The largest absolute Gasteiger partial charge is 0.381 e. The first-order chi connectivity index (χ1) is 12.5. The lowest BCUT2D eigenvalue weighted by atomic mass is 10.0. The molecule has 6 heteroatoms. The van der Waals surface area contributed by atoms with Crippen molar-refractivity contribution in [2.45, 2.75) is 53.3 Å². The number of hydrogen-bond donors (Lipinski definition) is 1. The third-order valence-electron chi connectivity index (χ3n) is 5.05. The summed E-state index contributed by atoms with van der Waals surface area (Å²) in [5.41, 5.74) is 3.37. The third-order valence-corrected chi connectivity index (χ3v) is 7.93. The van der Waals surface area contributed by atoms with Gasteiger partial charge in [-0.2, -0.15) is 0 Å². The Morgan fingerprint density at radius 3 is 2.58 bits per heavy atom. The predicted molar refractivity (Wildman–Crippen MR) is 103 cm³/mol. The fourth-order valence-corrected chi connectivity index (χ4v) is 6.39. The molecule has 2 aliphatic heterocycles. The smallest absolute Gasteiger partial charge is 0.241 e. The quantitative estimate of drug-likeness (QED) is 0.870. The molecule has 0 aliphatic carbocycles. The molecule has 0 bridgehead atoms. The Kier molecular flexibility index (Phi) is 5.10. The molecule has 2 heterocycles. The first kappa shape index (κ1) is 18.0. The van der Waals surface area contributed by atoms with Gasteiger partial charge in [0.15, 0.2) is 0 Å². The summed E-state index contributed by atoms with van der Waals surface area (Å²) in [4.78, 5) is 2.67. The monoisotopic (exact) mass is 389 g/mol. The molecule has 2 aromatic rings. The van der Waals surface area contributed by atoms with E-state index >= 15 is 0 Å². The van der Waals surface area contributed by atoms with E-state index in [-0.39, 0.29) is 6.04 Å². The van der Waals surface area contributed by atoms with Gasteiger partial charge in [0, 0.05) is 29.0 Å². The van der Waals surface area contributed by atoms with Crippen molar-refractivity contribution < 1.29 is 13.2 Å². The Morgan fingerprint density at radius 2 is 1.77 bits per heavy atom. The molecule has 2 aliphatic rings. The molecule has 0 atom stereocenters. The van der Waals surface area contributed by atoms with Crippen LogP contribution in [0.2, 0.25) is 0 Å². The Labute approximate surface area is 159 Å². The summed E-state index contributed by atoms with van der Waals surface area (Å²) in [6, 6.07) is 12.2. The topological polar surface area (TPSA) is 55.4 Å². The van der Waals surface area contributed by atoms with Crippen LogP contribution in [0.3, 0.4) is 0 Å². The summed E-state index contributed by atoms with van der Waals surface area (Å²) in [6.45, 7) is 3.12. The molecule has 4 rings (SSSR count). The van der Waals surface area contributed by atoms with Crippen molar-refractivity contribution in [3.8, 4) is 0 Å². The van der Waals surface area contributed by atoms with Gasteiger partial charge >= 0.3 is 0 Å². The Bertz CT molecular complexity index is 919. The van der Waals surface area contributed by atoms with E-state index in [1.807, 2.05) is 25.1 Å². The lowest BCUT2D eigenvalue weighted by Gasteiger charge is -2.23. The number of nitrogens with one attached hydrogen (secondary N) is 1. The number of aryl methyl sites for hydroxylation is 3. The van der Waals surface area contributed by atoms with Gasteiger partial charge in [0.1, 0.15) is 0 Å². The van der Waals surface area contributed by atoms with Gasteiger partial charge in [-0.3, -0.25) is 0 Å². The minimum Gasteiger partial charge on any atom is -0.381 e. The molecule has 0 saturated carbocycles. The van der Waals surface area contributed by atoms with Crippen LogP contribution in [-0.4, -0.2) is 27.7 Å². The van der Waals surface area contributed by atoms with Crippen molar-refractivity contribution in [3.63, 3.8) is 0 Å². The minimum atomic E-state index is -3.53. The maximum atomic E-state index is 13.0. The average Bonchev–Trinajstić information content (AvgIpc) is 2.80. The number of fused-ring (bicyclic) bond motifs is 2. The van der Waals surface area contributed by atoms with Crippen LogP contribution >= 0.6 is 11.8 Å². The van der Waals surface area contributed by atoms with E-state index in [1.165, 1.54) is 16.0 Å². The highest BCUT2D eigenvalue weighted by molar-refractivity contribution is 7.99. The van der Waals surface area contributed by atoms with Gasteiger partial charge in [0.05, 0.1) is 4.90 Å². The zero-order valence-electron chi connectivity index (χ0n) is 14.8. The Balaban J connectivity index is 1.67. The van der Waals surface area contributed by atoms with Crippen molar-refractivity contribution in [2.75, 3.05) is 13.2 Å². The van der Waals surface area contributed by atoms with E-state index < -0.39 is 10.0 Å². The Morgan fingerprint density at radius 1 is 1.04 bits per heavy atom. The van der Waals surface area contributed by atoms with E-state index in [4.69, 9.17) is 4.74 Å². The van der Waals surface area contributed by atoms with Crippen LogP contribution in [0, 0.1) is 6.92 Å². The molecular weight excluding hydrogens is 366 g/mol. The molecule has 0 aromatic heterocycles. The zero-order chi connectivity index (χ0) is 18.1. The van der Waals surface area contributed by atoms with E-state index in [1.54, 1.807) is 11.8 Å². The fourth-order valence-electron chi connectivity index (χ4n) is 3.61. The summed E-state index contributed by atoms with van der Waals surface area (Å²) in [7, 11) is -3.53. The van der Waals surface area contributed by atoms with Crippen LogP contribution in [0.1, 0.15) is 29.5 Å². The van der Waals surface area contributed by atoms with Gasteiger partial charge in [0.25, 0.3) is 0 Å². The average molecular weight is 390 g/mol.